The number of carbonyl (C=O) groups is 2. The van der Waals surface area contributed by atoms with Crippen LogP contribution in [-0.2, 0) is 10.3 Å². The van der Waals surface area contributed by atoms with Gasteiger partial charge in [-0.15, -0.1) is 5.10 Å². The maximum Gasteiger partial charge on any atom is 0.338 e. The number of tetrazole rings is 1. The first kappa shape index (κ1) is 21.7. The zero-order chi connectivity index (χ0) is 22.6. The Balaban J connectivity index is 1.72. The molecule has 0 unspecified atom stereocenters. The molecule has 1 amide bonds. The zero-order valence-electron chi connectivity index (χ0n) is 18.3. The average molecular weight is 434 g/mol. The Hall–Kier alpha value is -3.55. The van der Waals surface area contributed by atoms with Crippen LogP contribution in [0, 0.1) is 5.92 Å². The minimum atomic E-state index is -0.705. The maximum absolute atomic E-state index is 13.1. The summed E-state index contributed by atoms with van der Waals surface area (Å²) >= 11 is 0. The summed E-state index contributed by atoms with van der Waals surface area (Å²) in [6.45, 7) is 4.28. The average Bonchev–Trinajstić information content (AvgIpc) is 3.32. The summed E-state index contributed by atoms with van der Waals surface area (Å²) in [5.74, 6) is 0.570. The summed E-state index contributed by atoms with van der Waals surface area (Å²) in [7, 11) is 0. The van der Waals surface area contributed by atoms with Gasteiger partial charge >= 0.3 is 5.97 Å². The fourth-order valence-corrected chi connectivity index (χ4v) is 4.18. The van der Waals surface area contributed by atoms with Crippen molar-refractivity contribution in [3.05, 3.63) is 71.5 Å². The molecule has 1 saturated carbocycles. The van der Waals surface area contributed by atoms with Crippen molar-refractivity contribution < 1.29 is 14.3 Å². The predicted molar refractivity (Wildman–Crippen MR) is 118 cm³/mol. The molecule has 0 spiro atoms. The Kier molecular flexibility index (Phi) is 6.30. The van der Waals surface area contributed by atoms with Crippen LogP contribution in [-0.4, -0.2) is 38.7 Å². The predicted octanol–water partition coefficient (Wildman–Crippen LogP) is 3.67. The van der Waals surface area contributed by atoms with Gasteiger partial charge in [0.2, 0.25) is 0 Å². The zero-order valence-corrected chi connectivity index (χ0v) is 18.3. The van der Waals surface area contributed by atoms with Crippen LogP contribution in [0.25, 0.3) is 5.69 Å². The van der Waals surface area contributed by atoms with Crippen LogP contribution < -0.4 is 5.32 Å². The lowest BCUT2D eigenvalue weighted by Gasteiger charge is -2.39. The first-order chi connectivity index (χ1) is 15.5. The molecule has 1 heterocycles. The summed E-state index contributed by atoms with van der Waals surface area (Å²) in [6.07, 6.45) is 3.35. The first-order valence-electron chi connectivity index (χ1n) is 11.0. The number of nitrogens with zero attached hydrogens (tertiary/aromatic N) is 4. The molecule has 1 aliphatic carbocycles. The summed E-state index contributed by atoms with van der Waals surface area (Å²) in [5.41, 5.74) is 0.949. The second-order valence-electron chi connectivity index (χ2n) is 8.27. The molecule has 3 aromatic rings. The van der Waals surface area contributed by atoms with E-state index >= 15 is 0 Å². The highest BCUT2D eigenvalue weighted by atomic mass is 16.5. The number of hydrogen-bond acceptors (Lipinski definition) is 6. The molecule has 0 saturated heterocycles. The minimum absolute atomic E-state index is 0.157. The van der Waals surface area contributed by atoms with Crippen LogP contribution >= 0.6 is 0 Å². The van der Waals surface area contributed by atoms with Crippen molar-refractivity contribution in [3.8, 4) is 5.69 Å². The summed E-state index contributed by atoms with van der Waals surface area (Å²) < 4.78 is 6.74. The van der Waals surface area contributed by atoms with Gasteiger partial charge in [0, 0.05) is 5.56 Å². The summed E-state index contributed by atoms with van der Waals surface area (Å²) in [5, 5.41) is 15.7. The quantitative estimate of drug-likeness (QED) is 0.596. The third-order valence-corrected chi connectivity index (χ3v) is 6.02. The van der Waals surface area contributed by atoms with Crippen molar-refractivity contribution in [1.82, 2.24) is 25.5 Å². The van der Waals surface area contributed by atoms with Gasteiger partial charge in [0.1, 0.15) is 5.54 Å². The van der Waals surface area contributed by atoms with Gasteiger partial charge in [0.05, 0.1) is 17.9 Å². The number of esters is 1. The third-order valence-electron chi connectivity index (χ3n) is 6.02. The number of amides is 1. The first-order valence-corrected chi connectivity index (χ1v) is 11.0. The number of carbonyl (C=O) groups excluding carboxylic acids is 2. The molecular weight excluding hydrogens is 406 g/mol. The van der Waals surface area contributed by atoms with Crippen LogP contribution in [0.1, 0.15) is 66.1 Å². The van der Waals surface area contributed by atoms with Crippen LogP contribution in [0.3, 0.4) is 0 Å². The molecule has 4 rings (SSSR count). The number of rotatable bonds is 6. The Morgan fingerprint density at radius 2 is 1.81 bits per heavy atom. The molecular formula is C24H27N5O3. The van der Waals surface area contributed by atoms with E-state index in [9.17, 15) is 9.59 Å². The second-order valence-corrected chi connectivity index (χ2v) is 8.27. The lowest BCUT2D eigenvalue weighted by molar-refractivity contribution is 0.0526. The Morgan fingerprint density at radius 1 is 1.09 bits per heavy atom. The van der Waals surface area contributed by atoms with E-state index in [-0.39, 0.29) is 5.91 Å². The number of ether oxygens (including phenoxy) is 1. The SMILES string of the molecule is CCOC(=O)c1cccc(-n2nnnc2C2(NC(=O)c3ccccc3)CCC(C)CC2)c1. The van der Waals surface area contributed by atoms with E-state index in [1.165, 1.54) is 0 Å². The van der Waals surface area contributed by atoms with Crippen molar-refractivity contribution in [3.63, 3.8) is 0 Å². The lowest BCUT2D eigenvalue weighted by Crippen LogP contribution is -2.49. The third kappa shape index (κ3) is 4.39. The summed E-state index contributed by atoms with van der Waals surface area (Å²) in [6, 6.07) is 16.2. The number of nitrogens with one attached hydrogen (secondary N) is 1. The van der Waals surface area contributed by atoms with Crippen molar-refractivity contribution >= 4 is 11.9 Å². The number of hydrogen-bond donors (Lipinski definition) is 1. The Morgan fingerprint density at radius 3 is 2.53 bits per heavy atom. The van der Waals surface area contributed by atoms with E-state index in [1.807, 2.05) is 24.3 Å². The molecule has 166 valence electrons. The molecule has 1 fully saturated rings. The van der Waals surface area contributed by atoms with Crippen molar-refractivity contribution in [2.75, 3.05) is 6.61 Å². The van der Waals surface area contributed by atoms with Gasteiger partial charge in [-0.25, -0.2) is 4.79 Å². The largest absolute Gasteiger partial charge is 0.462 e. The van der Waals surface area contributed by atoms with Crippen molar-refractivity contribution in [1.29, 1.82) is 0 Å². The highest BCUT2D eigenvalue weighted by Gasteiger charge is 2.42. The fraction of sp³-hybridized carbons (Fsp3) is 0.375. The molecule has 0 radical (unpaired) electrons. The van der Waals surface area contributed by atoms with E-state index in [2.05, 4.69) is 27.8 Å². The summed E-state index contributed by atoms with van der Waals surface area (Å²) in [4.78, 5) is 25.3. The lowest BCUT2D eigenvalue weighted by atomic mass is 9.76. The monoisotopic (exact) mass is 433 g/mol. The smallest absolute Gasteiger partial charge is 0.338 e. The topological polar surface area (TPSA) is 99.0 Å². The van der Waals surface area contributed by atoms with Crippen molar-refractivity contribution in [2.24, 2.45) is 5.92 Å². The molecule has 1 N–H and O–H groups in total. The Bertz CT molecular complexity index is 1090. The van der Waals surface area contributed by atoms with E-state index in [0.717, 1.165) is 25.7 Å². The standard InChI is InChI=1S/C24H27N5O3/c1-3-32-22(31)19-10-7-11-20(16-19)29-23(26-27-28-29)24(14-12-17(2)13-15-24)25-21(30)18-8-5-4-6-9-18/h4-11,16-17H,3,12-15H2,1-2H3,(H,25,30). The highest BCUT2D eigenvalue weighted by Crippen LogP contribution is 2.39. The molecule has 8 nitrogen and oxygen atoms in total. The normalized spacial score (nSPS) is 20.5. The molecule has 1 aromatic heterocycles. The fourth-order valence-electron chi connectivity index (χ4n) is 4.18. The van der Waals surface area contributed by atoms with Crippen LogP contribution in [0.4, 0.5) is 0 Å². The molecule has 8 heteroatoms. The van der Waals surface area contributed by atoms with Gasteiger partial charge in [-0.05, 0) is 79.3 Å². The Labute approximate surface area is 187 Å². The van der Waals surface area contributed by atoms with E-state index in [1.54, 1.807) is 41.9 Å². The molecule has 0 atom stereocenters. The van der Waals surface area contributed by atoms with Gasteiger partial charge in [-0.1, -0.05) is 31.2 Å². The van der Waals surface area contributed by atoms with Crippen LogP contribution in [0.15, 0.2) is 54.6 Å². The van der Waals surface area contributed by atoms with Crippen LogP contribution in [0.5, 0.6) is 0 Å². The minimum Gasteiger partial charge on any atom is -0.462 e. The van der Waals surface area contributed by atoms with E-state index in [4.69, 9.17) is 4.74 Å². The number of benzene rings is 2. The van der Waals surface area contributed by atoms with E-state index in [0.29, 0.717) is 35.2 Å². The van der Waals surface area contributed by atoms with Gasteiger partial charge in [0.15, 0.2) is 5.82 Å². The van der Waals surface area contributed by atoms with Gasteiger partial charge < -0.3 is 10.1 Å². The molecule has 32 heavy (non-hydrogen) atoms. The van der Waals surface area contributed by atoms with Gasteiger partial charge in [0.25, 0.3) is 5.91 Å². The van der Waals surface area contributed by atoms with E-state index < -0.39 is 11.5 Å². The van der Waals surface area contributed by atoms with Crippen LogP contribution in [0.2, 0.25) is 0 Å². The highest BCUT2D eigenvalue weighted by molar-refractivity contribution is 5.94. The maximum atomic E-state index is 13.1. The number of aromatic nitrogens is 4. The van der Waals surface area contributed by atoms with Gasteiger partial charge in [-0.2, -0.15) is 4.68 Å². The van der Waals surface area contributed by atoms with Crippen molar-refractivity contribution in [2.45, 2.75) is 45.1 Å². The molecule has 2 aromatic carbocycles. The second kappa shape index (κ2) is 9.30. The molecule has 0 bridgehead atoms. The van der Waals surface area contributed by atoms with Gasteiger partial charge in [-0.3, -0.25) is 4.79 Å². The molecule has 0 aliphatic heterocycles. The molecule has 1 aliphatic rings.